The Balaban J connectivity index is 0.922. The molecule has 0 atom stereocenters. The van der Waals surface area contributed by atoms with Gasteiger partial charge >= 0.3 is 0 Å². The molecule has 0 saturated heterocycles. The third-order valence-corrected chi connectivity index (χ3v) is 13.1. The SMILES string of the molecule is c1ccc(-c2ccc(-c3ccc(-c4nc(-c5ccccc5)cc(-c5ccc(-c6ccc(-c7cccc8sc9ccccc9c78)c7c6oc6ccccc67)cc5)n4)cc3)cc2)cc1. The predicted octanol–water partition coefficient (Wildman–Crippen LogP) is 16.4. The molecular formula is C58H36N2OS. The van der Waals surface area contributed by atoms with Crippen molar-refractivity contribution >= 4 is 53.4 Å². The van der Waals surface area contributed by atoms with E-state index in [0.29, 0.717) is 5.82 Å². The fraction of sp³-hybridized carbons (Fsp3) is 0. The van der Waals surface area contributed by atoms with E-state index < -0.39 is 0 Å². The van der Waals surface area contributed by atoms with Gasteiger partial charge in [0, 0.05) is 53.2 Å². The first-order valence-corrected chi connectivity index (χ1v) is 21.7. The number of fused-ring (bicyclic) bond motifs is 6. The minimum Gasteiger partial charge on any atom is -0.455 e. The van der Waals surface area contributed by atoms with E-state index in [1.54, 1.807) is 0 Å². The van der Waals surface area contributed by atoms with Gasteiger partial charge in [-0.3, -0.25) is 0 Å². The smallest absolute Gasteiger partial charge is 0.160 e. The fourth-order valence-corrected chi connectivity index (χ4v) is 10.0. The van der Waals surface area contributed by atoms with Crippen LogP contribution in [0.25, 0.3) is 121 Å². The topological polar surface area (TPSA) is 38.9 Å². The van der Waals surface area contributed by atoms with Gasteiger partial charge < -0.3 is 4.42 Å². The van der Waals surface area contributed by atoms with E-state index in [1.165, 1.54) is 48.0 Å². The highest BCUT2D eigenvalue weighted by atomic mass is 32.1. The first-order chi connectivity index (χ1) is 30.7. The number of thiophene rings is 1. The summed E-state index contributed by atoms with van der Waals surface area (Å²) in [5, 5.41) is 4.83. The monoisotopic (exact) mass is 808 g/mol. The molecule has 0 aliphatic rings. The third-order valence-electron chi connectivity index (χ3n) is 12.0. The number of hydrogen-bond donors (Lipinski definition) is 0. The normalized spacial score (nSPS) is 11.5. The lowest BCUT2D eigenvalue weighted by atomic mass is 9.92. The second-order valence-corrected chi connectivity index (χ2v) is 16.7. The van der Waals surface area contributed by atoms with Gasteiger partial charge in [-0.15, -0.1) is 11.3 Å². The van der Waals surface area contributed by atoms with Crippen LogP contribution in [0.2, 0.25) is 0 Å². The molecule has 12 rings (SSSR count). The van der Waals surface area contributed by atoms with Gasteiger partial charge in [0.1, 0.15) is 11.2 Å². The summed E-state index contributed by atoms with van der Waals surface area (Å²) < 4.78 is 9.35. The molecular weight excluding hydrogens is 773 g/mol. The van der Waals surface area contributed by atoms with Crippen LogP contribution in [0.4, 0.5) is 0 Å². The Morgan fingerprint density at radius 1 is 0.323 bits per heavy atom. The van der Waals surface area contributed by atoms with Gasteiger partial charge in [-0.25, -0.2) is 9.97 Å². The van der Waals surface area contributed by atoms with Crippen molar-refractivity contribution in [3.05, 3.63) is 218 Å². The van der Waals surface area contributed by atoms with Crippen molar-refractivity contribution in [3.63, 3.8) is 0 Å². The molecule has 0 aliphatic carbocycles. The molecule has 4 heteroatoms. The van der Waals surface area contributed by atoms with Crippen LogP contribution >= 0.6 is 11.3 Å². The first-order valence-electron chi connectivity index (χ1n) is 20.9. The van der Waals surface area contributed by atoms with Crippen LogP contribution in [-0.4, -0.2) is 9.97 Å². The molecule has 0 radical (unpaired) electrons. The summed E-state index contributed by atoms with van der Waals surface area (Å²) in [6.07, 6.45) is 0. The van der Waals surface area contributed by atoms with Crippen molar-refractivity contribution in [1.29, 1.82) is 0 Å². The lowest BCUT2D eigenvalue weighted by Gasteiger charge is -2.12. The van der Waals surface area contributed by atoms with Crippen LogP contribution in [0.1, 0.15) is 0 Å². The lowest BCUT2D eigenvalue weighted by molar-refractivity contribution is 0.670. The molecule has 0 aliphatic heterocycles. The van der Waals surface area contributed by atoms with Crippen molar-refractivity contribution in [3.8, 4) is 78.4 Å². The Kier molecular flexibility index (Phi) is 8.68. The van der Waals surface area contributed by atoms with E-state index >= 15 is 0 Å². The zero-order chi connectivity index (χ0) is 41.0. The van der Waals surface area contributed by atoms with Gasteiger partial charge in [0.25, 0.3) is 0 Å². The highest BCUT2D eigenvalue weighted by Crippen LogP contribution is 2.46. The largest absolute Gasteiger partial charge is 0.455 e. The number of aromatic nitrogens is 2. The van der Waals surface area contributed by atoms with Gasteiger partial charge in [0.05, 0.1) is 11.4 Å². The van der Waals surface area contributed by atoms with E-state index in [2.05, 4.69) is 200 Å². The summed E-state index contributed by atoms with van der Waals surface area (Å²) in [4.78, 5) is 10.3. The number of para-hydroxylation sites is 1. The first kappa shape index (κ1) is 36.0. The third kappa shape index (κ3) is 6.28. The summed E-state index contributed by atoms with van der Waals surface area (Å²) in [6.45, 7) is 0. The lowest BCUT2D eigenvalue weighted by Crippen LogP contribution is -1.96. The van der Waals surface area contributed by atoms with Crippen LogP contribution in [0, 0.1) is 0 Å². The summed E-state index contributed by atoms with van der Waals surface area (Å²) in [5.74, 6) is 0.685. The van der Waals surface area contributed by atoms with Gasteiger partial charge in [0.15, 0.2) is 5.82 Å². The Morgan fingerprint density at radius 2 is 0.806 bits per heavy atom. The number of nitrogens with zero attached hydrogens (tertiary/aromatic N) is 2. The van der Waals surface area contributed by atoms with Gasteiger partial charge in [-0.1, -0.05) is 188 Å². The van der Waals surface area contributed by atoms with E-state index in [9.17, 15) is 0 Å². The second-order valence-electron chi connectivity index (χ2n) is 15.7. The molecule has 0 fully saturated rings. The molecule has 0 unspecified atom stereocenters. The molecule has 0 amide bonds. The van der Waals surface area contributed by atoms with Crippen LogP contribution in [-0.2, 0) is 0 Å². The van der Waals surface area contributed by atoms with E-state index in [0.717, 1.165) is 66.7 Å². The Bertz CT molecular complexity index is 3590. The Hall–Kier alpha value is -7.92. The quantitative estimate of drug-likeness (QED) is 0.161. The number of rotatable bonds is 7. The minimum absolute atomic E-state index is 0.685. The molecule has 3 heterocycles. The second kappa shape index (κ2) is 15.0. The molecule has 0 spiro atoms. The molecule has 290 valence electrons. The number of hydrogen-bond acceptors (Lipinski definition) is 4. The summed E-state index contributed by atoms with van der Waals surface area (Å²) in [7, 11) is 0. The Morgan fingerprint density at radius 3 is 1.50 bits per heavy atom. The summed E-state index contributed by atoms with van der Waals surface area (Å²) in [5.41, 5.74) is 15.8. The average Bonchev–Trinajstić information content (AvgIpc) is 3.94. The van der Waals surface area contributed by atoms with Crippen molar-refractivity contribution in [2.24, 2.45) is 0 Å². The number of furan rings is 1. The molecule has 9 aromatic carbocycles. The fourth-order valence-electron chi connectivity index (χ4n) is 8.88. The van der Waals surface area contributed by atoms with Crippen molar-refractivity contribution < 1.29 is 4.42 Å². The standard InChI is InChI=1S/C58H36N2OS/c1-3-12-37(13-4-1)38-22-24-39(25-23-38)40-26-32-44(33-27-40)58-59-50(42-14-5-2-6-15-42)36-51(60-58)43-30-28-41(29-31-43)45-34-35-47(56-48-16-7-9-19-52(48)61-57(45)56)46-18-11-21-54-55(46)49-17-8-10-20-53(49)62-54/h1-36H. The number of benzene rings is 9. The van der Waals surface area contributed by atoms with Gasteiger partial charge in [-0.05, 0) is 69.3 Å². The molecule has 0 bridgehead atoms. The van der Waals surface area contributed by atoms with Gasteiger partial charge in [0.2, 0.25) is 0 Å². The highest BCUT2D eigenvalue weighted by Gasteiger charge is 2.20. The molecule has 62 heavy (non-hydrogen) atoms. The average molecular weight is 809 g/mol. The van der Waals surface area contributed by atoms with E-state index in [-0.39, 0.29) is 0 Å². The molecule has 3 aromatic heterocycles. The predicted molar refractivity (Wildman–Crippen MR) is 260 cm³/mol. The molecule has 12 aromatic rings. The molecule has 0 N–H and O–H groups in total. The van der Waals surface area contributed by atoms with Crippen molar-refractivity contribution in [2.75, 3.05) is 0 Å². The molecule has 0 saturated carbocycles. The van der Waals surface area contributed by atoms with Crippen LogP contribution in [0.15, 0.2) is 223 Å². The van der Waals surface area contributed by atoms with Gasteiger partial charge in [-0.2, -0.15) is 0 Å². The van der Waals surface area contributed by atoms with Crippen LogP contribution < -0.4 is 0 Å². The maximum Gasteiger partial charge on any atom is 0.160 e. The summed E-state index contributed by atoms with van der Waals surface area (Å²) >= 11 is 1.85. The summed E-state index contributed by atoms with van der Waals surface area (Å²) in [6, 6.07) is 77.2. The zero-order valence-corrected chi connectivity index (χ0v) is 34.3. The van der Waals surface area contributed by atoms with Crippen molar-refractivity contribution in [1.82, 2.24) is 9.97 Å². The Labute approximate surface area is 362 Å². The van der Waals surface area contributed by atoms with E-state index in [1.807, 2.05) is 29.5 Å². The maximum absolute atomic E-state index is 6.77. The minimum atomic E-state index is 0.685. The molecule has 3 nitrogen and oxygen atoms in total. The zero-order valence-electron chi connectivity index (χ0n) is 33.5. The van der Waals surface area contributed by atoms with E-state index in [4.69, 9.17) is 14.4 Å². The van der Waals surface area contributed by atoms with Crippen LogP contribution in [0.3, 0.4) is 0 Å². The van der Waals surface area contributed by atoms with Crippen LogP contribution in [0.5, 0.6) is 0 Å². The maximum atomic E-state index is 6.77. The highest BCUT2D eigenvalue weighted by molar-refractivity contribution is 7.25. The van der Waals surface area contributed by atoms with Crippen molar-refractivity contribution in [2.45, 2.75) is 0 Å².